The van der Waals surface area contributed by atoms with E-state index in [1.807, 2.05) is 12.1 Å². The minimum Gasteiger partial charge on any atom is -0.493 e. The average molecular weight is 331 g/mol. The van der Waals surface area contributed by atoms with Crippen molar-refractivity contribution >= 4 is 22.4 Å². The van der Waals surface area contributed by atoms with Crippen molar-refractivity contribution in [2.45, 2.75) is 12.5 Å². The summed E-state index contributed by atoms with van der Waals surface area (Å²) in [5, 5.41) is 15.3. The summed E-state index contributed by atoms with van der Waals surface area (Å²) in [6.45, 7) is 0.639. The van der Waals surface area contributed by atoms with Crippen molar-refractivity contribution in [3.05, 3.63) is 71.3 Å². The fourth-order valence-corrected chi connectivity index (χ4v) is 4.10. The van der Waals surface area contributed by atoms with Gasteiger partial charge in [0.1, 0.15) is 5.75 Å². The van der Waals surface area contributed by atoms with Crippen LogP contribution in [0.25, 0.3) is 10.8 Å². The highest BCUT2D eigenvalue weighted by molar-refractivity contribution is 5.90. The summed E-state index contributed by atoms with van der Waals surface area (Å²) in [6.07, 6.45) is 0.816. The molecule has 4 nitrogen and oxygen atoms in total. The Labute approximate surface area is 145 Å². The molecule has 2 heterocycles. The van der Waals surface area contributed by atoms with Gasteiger partial charge >= 0.3 is 5.97 Å². The van der Waals surface area contributed by atoms with Gasteiger partial charge in [0.15, 0.2) is 0 Å². The summed E-state index contributed by atoms with van der Waals surface area (Å²) in [7, 11) is 0. The van der Waals surface area contributed by atoms with Crippen molar-refractivity contribution < 1.29 is 14.6 Å². The highest BCUT2D eigenvalue weighted by atomic mass is 16.5. The summed E-state index contributed by atoms with van der Waals surface area (Å²) in [5.74, 6) is 0.342. The molecular weight excluding hydrogens is 314 g/mol. The summed E-state index contributed by atoms with van der Waals surface area (Å²) >= 11 is 0. The number of nitrogens with one attached hydrogen (secondary N) is 1. The Balaban J connectivity index is 1.63. The van der Waals surface area contributed by atoms with Crippen molar-refractivity contribution in [3.8, 4) is 5.75 Å². The van der Waals surface area contributed by atoms with Crippen molar-refractivity contribution in [2.75, 3.05) is 11.9 Å². The van der Waals surface area contributed by atoms with Crippen LogP contribution in [0.1, 0.15) is 27.5 Å². The van der Waals surface area contributed by atoms with E-state index in [2.05, 4.69) is 35.6 Å². The molecule has 0 radical (unpaired) electrons. The van der Waals surface area contributed by atoms with Gasteiger partial charge in [-0.05, 0) is 47.0 Å². The number of hydrogen-bond donors (Lipinski definition) is 2. The monoisotopic (exact) mass is 331 g/mol. The maximum atomic E-state index is 11.2. The number of carboxylic acid groups (broad SMARTS) is 1. The first-order valence-electron chi connectivity index (χ1n) is 8.48. The molecule has 25 heavy (non-hydrogen) atoms. The van der Waals surface area contributed by atoms with Gasteiger partial charge in [0.25, 0.3) is 0 Å². The Morgan fingerprint density at radius 3 is 2.88 bits per heavy atom. The topological polar surface area (TPSA) is 58.6 Å². The summed E-state index contributed by atoms with van der Waals surface area (Å²) in [5.41, 5.74) is 3.62. The molecule has 0 saturated heterocycles. The molecule has 3 aromatic rings. The van der Waals surface area contributed by atoms with E-state index >= 15 is 0 Å². The molecule has 5 rings (SSSR count). The van der Waals surface area contributed by atoms with Gasteiger partial charge in [-0.3, -0.25) is 0 Å². The molecule has 2 atom stereocenters. The highest BCUT2D eigenvalue weighted by Crippen LogP contribution is 2.46. The zero-order valence-electron chi connectivity index (χ0n) is 13.5. The van der Waals surface area contributed by atoms with Gasteiger partial charge in [0, 0.05) is 17.2 Å². The van der Waals surface area contributed by atoms with Crippen LogP contribution in [0.2, 0.25) is 0 Å². The molecule has 0 saturated carbocycles. The Kier molecular flexibility index (Phi) is 3.01. The number of anilines is 1. The smallest absolute Gasteiger partial charge is 0.335 e. The van der Waals surface area contributed by atoms with E-state index in [0.29, 0.717) is 12.2 Å². The molecule has 124 valence electrons. The standard InChI is InChI=1S/C21H17NO3/c23-21(24)13-5-7-17-14(9-13)10-15-11-25-18-8-6-12-3-1-2-4-16(12)19(18)20(15)22-17/h1-9,15,20,22H,10-11H2,(H,23,24). The number of carbonyl (C=O) groups is 1. The Morgan fingerprint density at radius 1 is 1.12 bits per heavy atom. The van der Waals surface area contributed by atoms with Crippen molar-refractivity contribution in [3.63, 3.8) is 0 Å². The number of aromatic carboxylic acids is 1. The minimum absolute atomic E-state index is 0.179. The predicted molar refractivity (Wildman–Crippen MR) is 96.4 cm³/mol. The van der Waals surface area contributed by atoms with E-state index in [-0.39, 0.29) is 12.0 Å². The van der Waals surface area contributed by atoms with Crippen LogP contribution in [-0.4, -0.2) is 17.7 Å². The molecule has 0 amide bonds. The van der Waals surface area contributed by atoms with Crippen LogP contribution in [0, 0.1) is 5.92 Å². The van der Waals surface area contributed by atoms with Crippen LogP contribution in [0.4, 0.5) is 5.69 Å². The minimum atomic E-state index is -0.888. The van der Waals surface area contributed by atoms with Gasteiger partial charge < -0.3 is 15.2 Å². The van der Waals surface area contributed by atoms with Gasteiger partial charge in [0.2, 0.25) is 0 Å². The fourth-order valence-electron chi connectivity index (χ4n) is 4.10. The molecule has 0 aliphatic carbocycles. The summed E-state index contributed by atoms with van der Waals surface area (Å²) in [4.78, 5) is 11.2. The van der Waals surface area contributed by atoms with Crippen molar-refractivity contribution in [1.82, 2.24) is 0 Å². The molecule has 2 unspecified atom stereocenters. The number of carboxylic acids is 1. The van der Waals surface area contributed by atoms with Crippen molar-refractivity contribution in [1.29, 1.82) is 0 Å². The van der Waals surface area contributed by atoms with Crippen LogP contribution in [-0.2, 0) is 6.42 Å². The first-order valence-corrected chi connectivity index (χ1v) is 8.48. The number of benzene rings is 3. The molecule has 2 N–H and O–H groups in total. The molecule has 0 spiro atoms. The lowest BCUT2D eigenvalue weighted by Crippen LogP contribution is -2.35. The average Bonchev–Trinajstić information content (AvgIpc) is 2.65. The Morgan fingerprint density at radius 2 is 2.00 bits per heavy atom. The Bertz CT molecular complexity index is 1010. The van der Waals surface area contributed by atoms with Gasteiger partial charge in [-0.1, -0.05) is 30.3 Å². The van der Waals surface area contributed by atoms with Crippen LogP contribution in [0.5, 0.6) is 5.75 Å². The largest absolute Gasteiger partial charge is 0.493 e. The third kappa shape index (κ3) is 2.18. The van der Waals surface area contributed by atoms with E-state index in [1.165, 1.54) is 16.3 Å². The molecule has 0 fully saturated rings. The van der Waals surface area contributed by atoms with E-state index in [0.717, 1.165) is 23.4 Å². The lowest BCUT2D eigenvalue weighted by molar-refractivity contribution is 0.0696. The van der Waals surface area contributed by atoms with E-state index < -0.39 is 5.97 Å². The van der Waals surface area contributed by atoms with Crippen molar-refractivity contribution in [2.24, 2.45) is 5.92 Å². The molecular formula is C21H17NO3. The zero-order chi connectivity index (χ0) is 17.0. The second kappa shape index (κ2) is 5.24. The van der Waals surface area contributed by atoms with Gasteiger partial charge in [-0.15, -0.1) is 0 Å². The van der Waals surface area contributed by atoms with Gasteiger partial charge in [-0.25, -0.2) is 4.79 Å². The van der Waals surface area contributed by atoms with Crippen LogP contribution in [0.15, 0.2) is 54.6 Å². The zero-order valence-corrected chi connectivity index (χ0v) is 13.5. The third-order valence-electron chi connectivity index (χ3n) is 5.31. The molecule has 0 bridgehead atoms. The number of fused-ring (bicyclic) bond motifs is 6. The van der Waals surface area contributed by atoms with Gasteiger partial charge in [-0.2, -0.15) is 0 Å². The maximum absolute atomic E-state index is 11.2. The maximum Gasteiger partial charge on any atom is 0.335 e. The lowest BCUT2D eigenvalue weighted by Gasteiger charge is -2.39. The third-order valence-corrected chi connectivity index (χ3v) is 5.31. The van der Waals surface area contributed by atoms with Crippen LogP contribution < -0.4 is 10.1 Å². The molecule has 0 aromatic heterocycles. The van der Waals surface area contributed by atoms with E-state index in [9.17, 15) is 9.90 Å². The quantitative estimate of drug-likeness (QED) is 0.700. The fraction of sp³-hybridized carbons (Fsp3) is 0.190. The second-order valence-electron chi connectivity index (χ2n) is 6.77. The SMILES string of the molecule is O=C(O)c1ccc2c(c1)CC1COc3ccc4ccccc4c3C1N2. The van der Waals surface area contributed by atoms with Crippen LogP contribution in [0.3, 0.4) is 0 Å². The summed E-state index contributed by atoms with van der Waals surface area (Å²) < 4.78 is 6.04. The van der Waals surface area contributed by atoms with E-state index in [1.54, 1.807) is 12.1 Å². The normalized spacial score (nSPS) is 20.6. The second-order valence-corrected chi connectivity index (χ2v) is 6.77. The molecule has 3 aromatic carbocycles. The first kappa shape index (κ1) is 14.3. The van der Waals surface area contributed by atoms with E-state index in [4.69, 9.17) is 4.74 Å². The van der Waals surface area contributed by atoms with Gasteiger partial charge in [0.05, 0.1) is 18.2 Å². The Hall–Kier alpha value is -3.01. The molecule has 2 aliphatic heterocycles. The molecule has 4 heteroatoms. The lowest BCUT2D eigenvalue weighted by atomic mass is 9.80. The molecule has 2 aliphatic rings. The number of ether oxygens (including phenoxy) is 1. The first-order chi connectivity index (χ1) is 12.2. The number of hydrogen-bond acceptors (Lipinski definition) is 3. The highest BCUT2D eigenvalue weighted by Gasteiger charge is 2.36. The van der Waals surface area contributed by atoms with Crippen LogP contribution >= 0.6 is 0 Å². The summed E-state index contributed by atoms with van der Waals surface area (Å²) in [6, 6.07) is 18.0. The predicted octanol–water partition coefficient (Wildman–Crippen LogP) is 4.26. The number of rotatable bonds is 1.